The average molecular weight is 332 g/mol. The molecule has 0 unspecified atom stereocenters. The van der Waals surface area contributed by atoms with Gasteiger partial charge in [-0.2, -0.15) is 13.2 Å². The third kappa shape index (κ3) is 3.87. The molecule has 0 aliphatic carbocycles. The van der Waals surface area contributed by atoms with Crippen LogP contribution in [-0.4, -0.2) is 18.3 Å². The molecule has 0 spiro atoms. The smallest absolute Gasteiger partial charge is 0.430 e. The van der Waals surface area contributed by atoms with Gasteiger partial charge in [-0.1, -0.05) is 0 Å². The Hall–Kier alpha value is -1.96. The highest BCUT2D eigenvalue weighted by Gasteiger charge is 2.36. The Labute approximate surface area is 132 Å². The van der Waals surface area contributed by atoms with E-state index in [2.05, 4.69) is 0 Å². The summed E-state index contributed by atoms with van der Waals surface area (Å²) in [6.07, 6.45) is -5.38. The number of ether oxygens (including phenoxy) is 1. The van der Waals surface area contributed by atoms with Crippen LogP contribution < -0.4 is 10.8 Å². The van der Waals surface area contributed by atoms with E-state index in [4.69, 9.17) is 15.3 Å². The first-order valence-corrected chi connectivity index (χ1v) is 7.24. The molecule has 23 heavy (non-hydrogen) atoms. The molecule has 0 amide bonds. The maximum absolute atomic E-state index is 12.9. The lowest BCUT2D eigenvalue weighted by Gasteiger charge is -2.37. The van der Waals surface area contributed by atoms with Gasteiger partial charge in [0.05, 0.1) is 23.4 Å². The van der Waals surface area contributed by atoms with Gasteiger partial charge in [-0.25, -0.2) is 9.86 Å². The molecule has 0 fully saturated rings. The van der Waals surface area contributed by atoms with Crippen LogP contribution in [-0.2, 0) is 15.8 Å². The van der Waals surface area contributed by atoms with Crippen LogP contribution in [0, 0.1) is 0 Å². The van der Waals surface area contributed by atoms with Crippen molar-refractivity contribution in [2.45, 2.75) is 51.6 Å². The number of benzene rings is 1. The van der Waals surface area contributed by atoms with Crippen molar-refractivity contribution in [2.24, 2.45) is 5.73 Å². The number of hydrogen-bond donors (Lipinski definition) is 1. The molecule has 0 saturated carbocycles. The molecule has 1 aliphatic rings. The van der Waals surface area contributed by atoms with Crippen LogP contribution in [0.5, 0.6) is 0 Å². The summed E-state index contributed by atoms with van der Waals surface area (Å²) in [5.74, 6) is 0. The number of fused-ring (bicyclic) bond motifs is 1. The second kappa shape index (κ2) is 6.27. The van der Waals surface area contributed by atoms with Crippen molar-refractivity contribution in [1.29, 1.82) is 0 Å². The van der Waals surface area contributed by atoms with Crippen LogP contribution >= 0.6 is 0 Å². The van der Waals surface area contributed by atoms with E-state index in [0.29, 0.717) is 12.1 Å². The summed E-state index contributed by atoms with van der Waals surface area (Å²) in [5, 5.41) is 1.25. The van der Waals surface area contributed by atoms with Crippen molar-refractivity contribution in [1.82, 2.24) is 0 Å². The number of carbonyl (C=O) groups excluding carboxylic acids is 1. The topological polar surface area (TPSA) is 64.8 Å². The van der Waals surface area contributed by atoms with E-state index in [9.17, 15) is 18.0 Å². The van der Waals surface area contributed by atoms with E-state index in [1.165, 1.54) is 11.1 Å². The fourth-order valence-corrected chi connectivity index (χ4v) is 2.49. The Morgan fingerprint density at radius 3 is 2.61 bits per heavy atom. The average Bonchev–Trinajstić information content (AvgIpc) is 2.41. The largest absolute Gasteiger partial charge is 0.533 e. The molecule has 1 aromatic carbocycles. The minimum absolute atomic E-state index is 0.283. The Kier molecular flexibility index (Phi) is 4.74. The van der Waals surface area contributed by atoms with Crippen molar-refractivity contribution < 1.29 is 27.5 Å². The van der Waals surface area contributed by atoms with Crippen LogP contribution in [0.2, 0.25) is 0 Å². The van der Waals surface area contributed by atoms with Gasteiger partial charge in [0.25, 0.3) is 0 Å². The van der Waals surface area contributed by atoms with Gasteiger partial charge >= 0.3 is 12.3 Å². The second-order valence-corrected chi connectivity index (χ2v) is 5.80. The lowest BCUT2D eigenvalue weighted by Crippen LogP contribution is -2.42. The van der Waals surface area contributed by atoms with Crippen molar-refractivity contribution in [3.8, 4) is 0 Å². The minimum Gasteiger partial charge on any atom is -0.430 e. The lowest BCUT2D eigenvalue weighted by molar-refractivity contribution is -0.137. The van der Waals surface area contributed by atoms with E-state index < -0.39 is 23.9 Å². The molecule has 0 bridgehead atoms. The predicted octanol–water partition coefficient (Wildman–Crippen LogP) is 3.78. The molecular formula is C15H19F3N2O3. The first-order valence-electron chi connectivity index (χ1n) is 7.24. The first-order chi connectivity index (χ1) is 10.6. The molecule has 128 valence electrons. The van der Waals surface area contributed by atoms with Gasteiger partial charge < -0.3 is 15.3 Å². The van der Waals surface area contributed by atoms with Crippen molar-refractivity contribution >= 4 is 11.8 Å². The zero-order valence-corrected chi connectivity index (χ0v) is 13.1. The normalized spacial score (nSPS) is 21.1. The van der Waals surface area contributed by atoms with Gasteiger partial charge in [0.15, 0.2) is 0 Å². The Morgan fingerprint density at radius 2 is 2.04 bits per heavy atom. The molecule has 2 atom stereocenters. The fourth-order valence-electron chi connectivity index (χ4n) is 2.49. The number of alkyl halides is 3. The van der Waals surface area contributed by atoms with Gasteiger partial charge in [0, 0.05) is 6.04 Å². The second-order valence-electron chi connectivity index (χ2n) is 5.80. The number of rotatable bonds is 2. The SMILES string of the molecule is CC(C)OC(=O)ON1c2ccc(C(F)(F)F)cc2[C@@H](N)C[C@H]1C. The molecule has 1 aliphatic heterocycles. The number of hydrogen-bond acceptors (Lipinski definition) is 5. The molecular weight excluding hydrogens is 313 g/mol. The number of nitrogens with zero attached hydrogens (tertiary/aromatic N) is 1. The lowest BCUT2D eigenvalue weighted by atomic mass is 9.92. The third-order valence-corrected chi connectivity index (χ3v) is 3.49. The Morgan fingerprint density at radius 1 is 1.39 bits per heavy atom. The van der Waals surface area contributed by atoms with Crippen LogP contribution in [0.4, 0.5) is 23.7 Å². The van der Waals surface area contributed by atoms with E-state index in [1.54, 1.807) is 20.8 Å². The Balaban J connectivity index is 2.33. The van der Waals surface area contributed by atoms with E-state index in [0.717, 1.165) is 12.1 Å². The number of anilines is 1. The van der Waals surface area contributed by atoms with Crippen molar-refractivity contribution in [3.63, 3.8) is 0 Å². The monoisotopic (exact) mass is 332 g/mol. The minimum atomic E-state index is -4.46. The zero-order valence-electron chi connectivity index (χ0n) is 13.1. The number of nitrogens with two attached hydrogens (primary N) is 1. The third-order valence-electron chi connectivity index (χ3n) is 3.49. The van der Waals surface area contributed by atoms with Gasteiger partial charge in [-0.3, -0.25) is 0 Å². The molecule has 2 N–H and O–H groups in total. The maximum Gasteiger partial charge on any atom is 0.533 e. The van der Waals surface area contributed by atoms with Crippen molar-refractivity contribution in [2.75, 3.05) is 5.06 Å². The maximum atomic E-state index is 12.9. The molecule has 0 saturated heterocycles. The summed E-state index contributed by atoms with van der Waals surface area (Å²) >= 11 is 0. The van der Waals surface area contributed by atoms with E-state index in [1.807, 2.05) is 0 Å². The summed E-state index contributed by atoms with van der Waals surface area (Å²) in [5.41, 5.74) is 5.80. The standard InChI is InChI=1S/C15H19F3N2O3/c1-8(2)22-14(21)23-20-9(3)6-12(19)11-7-10(15(16,17)18)4-5-13(11)20/h4-5,7-9,12H,6,19H2,1-3H3/t9-,12+/m1/s1. The fraction of sp³-hybridized carbons (Fsp3) is 0.533. The first kappa shape index (κ1) is 17.4. The molecule has 0 radical (unpaired) electrons. The summed E-state index contributed by atoms with van der Waals surface area (Å²) in [4.78, 5) is 16.8. The van der Waals surface area contributed by atoms with Crippen molar-refractivity contribution in [3.05, 3.63) is 29.3 Å². The molecule has 1 aromatic rings. The molecule has 2 rings (SSSR count). The van der Waals surface area contributed by atoms with E-state index in [-0.39, 0.29) is 17.7 Å². The molecule has 5 nitrogen and oxygen atoms in total. The number of carbonyl (C=O) groups is 1. The summed E-state index contributed by atoms with van der Waals surface area (Å²) < 4.78 is 43.5. The highest BCUT2D eigenvalue weighted by Crippen LogP contribution is 2.40. The summed E-state index contributed by atoms with van der Waals surface area (Å²) in [6.45, 7) is 5.10. The highest BCUT2D eigenvalue weighted by atomic mass is 19.4. The quantitative estimate of drug-likeness (QED) is 0.835. The molecule has 8 heteroatoms. The molecule has 1 heterocycles. The Bertz CT molecular complexity index is 590. The van der Waals surface area contributed by atoms with E-state index >= 15 is 0 Å². The molecule has 0 aromatic heterocycles. The van der Waals surface area contributed by atoms with Crippen LogP contribution in [0.15, 0.2) is 18.2 Å². The highest BCUT2D eigenvalue weighted by molar-refractivity contribution is 5.65. The van der Waals surface area contributed by atoms with Crippen LogP contribution in [0.3, 0.4) is 0 Å². The number of halogens is 3. The van der Waals surface area contributed by atoms with Crippen LogP contribution in [0.1, 0.15) is 44.4 Å². The van der Waals surface area contributed by atoms with Gasteiger partial charge in [0.1, 0.15) is 0 Å². The van der Waals surface area contributed by atoms with Gasteiger partial charge in [-0.15, -0.1) is 0 Å². The van der Waals surface area contributed by atoms with Gasteiger partial charge in [-0.05, 0) is 51.0 Å². The summed E-state index contributed by atoms with van der Waals surface area (Å²) in [6, 6.07) is 2.34. The zero-order chi connectivity index (χ0) is 17.4. The number of hydroxylamine groups is 1. The summed E-state index contributed by atoms with van der Waals surface area (Å²) in [7, 11) is 0. The predicted molar refractivity (Wildman–Crippen MR) is 77.6 cm³/mol. The van der Waals surface area contributed by atoms with Gasteiger partial charge in [0.2, 0.25) is 0 Å². The van der Waals surface area contributed by atoms with Crippen LogP contribution in [0.25, 0.3) is 0 Å².